The van der Waals surface area contributed by atoms with Crippen LogP contribution in [0.1, 0.15) is 18.5 Å². The quantitative estimate of drug-likeness (QED) is 0.400. The predicted octanol–water partition coefficient (Wildman–Crippen LogP) is 4.70. The number of benzene rings is 3. The minimum atomic E-state index is -4.20. The molecule has 9 heteroatoms. The standard InChI is InChI=1S/C21H19FN2O5S/c1-15(20-8-3-4-9-21(20)22)23(17-6-5-7-18(14-17)29-2)30(27,28)19-12-10-16(11-13-19)24(25)26/h3-15H,1-2H3. The highest BCUT2D eigenvalue weighted by atomic mass is 32.2. The smallest absolute Gasteiger partial charge is 0.269 e. The summed E-state index contributed by atoms with van der Waals surface area (Å²) in [6.07, 6.45) is 0. The maximum absolute atomic E-state index is 14.5. The lowest BCUT2D eigenvalue weighted by molar-refractivity contribution is -0.384. The van der Waals surface area contributed by atoms with Gasteiger partial charge in [0.25, 0.3) is 15.7 Å². The van der Waals surface area contributed by atoms with Gasteiger partial charge in [0, 0.05) is 23.8 Å². The van der Waals surface area contributed by atoms with Crippen LogP contribution in [0.25, 0.3) is 0 Å². The van der Waals surface area contributed by atoms with Crippen LogP contribution in [-0.4, -0.2) is 20.5 Å². The SMILES string of the molecule is COc1cccc(N(C(C)c2ccccc2F)S(=O)(=O)c2ccc([N+](=O)[O-])cc2)c1. The van der Waals surface area contributed by atoms with Crippen LogP contribution < -0.4 is 9.04 Å². The monoisotopic (exact) mass is 430 g/mol. The van der Waals surface area contributed by atoms with Gasteiger partial charge >= 0.3 is 0 Å². The van der Waals surface area contributed by atoms with Crippen molar-refractivity contribution in [1.29, 1.82) is 0 Å². The first kappa shape index (κ1) is 21.3. The third-order valence-electron chi connectivity index (χ3n) is 4.62. The van der Waals surface area contributed by atoms with Crippen molar-refractivity contribution >= 4 is 21.4 Å². The summed E-state index contributed by atoms with van der Waals surface area (Å²) >= 11 is 0. The Morgan fingerprint density at radius 2 is 1.70 bits per heavy atom. The van der Waals surface area contributed by atoms with Crippen LogP contribution in [0, 0.1) is 15.9 Å². The zero-order chi connectivity index (χ0) is 21.9. The van der Waals surface area contributed by atoms with Gasteiger partial charge in [-0.2, -0.15) is 0 Å². The van der Waals surface area contributed by atoms with E-state index in [2.05, 4.69) is 0 Å². The van der Waals surface area contributed by atoms with Crippen LogP contribution in [-0.2, 0) is 10.0 Å². The Kier molecular flexibility index (Phi) is 6.02. The molecule has 1 unspecified atom stereocenters. The van der Waals surface area contributed by atoms with E-state index in [1.807, 2.05) is 0 Å². The maximum atomic E-state index is 14.5. The number of non-ortho nitro benzene ring substituents is 1. The summed E-state index contributed by atoms with van der Waals surface area (Å²) in [5.74, 6) is -0.117. The summed E-state index contributed by atoms with van der Waals surface area (Å²) < 4.78 is 47.8. The number of ether oxygens (including phenoxy) is 1. The summed E-state index contributed by atoms with van der Waals surface area (Å²) in [4.78, 5) is 10.1. The fourth-order valence-corrected chi connectivity index (χ4v) is 4.74. The fourth-order valence-electron chi connectivity index (χ4n) is 3.11. The molecule has 30 heavy (non-hydrogen) atoms. The van der Waals surface area contributed by atoms with Gasteiger partial charge in [-0.3, -0.25) is 14.4 Å². The summed E-state index contributed by atoms with van der Waals surface area (Å²) in [6, 6.07) is 15.9. The molecule has 3 rings (SSSR count). The van der Waals surface area contributed by atoms with Crippen molar-refractivity contribution in [1.82, 2.24) is 0 Å². The summed E-state index contributed by atoms with van der Waals surface area (Å²) in [5.41, 5.74) is 0.221. The van der Waals surface area contributed by atoms with E-state index >= 15 is 0 Å². The van der Waals surface area contributed by atoms with Crippen molar-refractivity contribution in [3.63, 3.8) is 0 Å². The Hall–Kier alpha value is -3.46. The van der Waals surface area contributed by atoms with Crippen molar-refractivity contribution in [2.24, 2.45) is 0 Å². The second-order valence-electron chi connectivity index (χ2n) is 6.45. The van der Waals surface area contributed by atoms with Gasteiger partial charge in [0.15, 0.2) is 0 Å². The van der Waals surface area contributed by atoms with Crippen LogP contribution in [0.4, 0.5) is 15.8 Å². The number of anilines is 1. The Bertz CT molecular complexity index is 1170. The highest BCUT2D eigenvalue weighted by Gasteiger charge is 2.32. The number of methoxy groups -OCH3 is 1. The molecule has 0 heterocycles. The number of hydrogen-bond donors (Lipinski definition) is 0. The molecule has 0 amide bonds. The molecule has 1 atom stereocenters. The first-order valence-electron chi connectivity index (χ1n) is 8.93. The molecule has 3 aromatic rings. The van der Waals surface area contributed by atoms with Gasteiger partial charge in [0.1, 0.15) is 11.6 Å². The van der Waals surface area contributed by atoms with Gasteiger partial charge in [0.2, 0.25) is 0 Å². The lowest BCUT2D eigenvalue weighted by Gasteiger charge is -2.31. The number of nitrogens with zero attached hydrogens (tertiary/aromatic N) is 2. The highest BCUT2D eigenvalue weighted by Crippen LogP contribution is 2.36. The van der Waals surface area contributed by atoms with E-state index in [1.165, 1.54) is 31.4 Å². The minimum Gasteiger partial charge on any atom is -0.497 e. The molecule has 0 aliphatic carbocycles. The van der Waals surface area contributed by atoms with Gasteiger partial charge in [-0.25, -0.2) is 12.8 Å². The topological polar surface area (TPSA) is 89.8 Å². The molecule has 0 aliphatic rings. The van der Waals surface area contributed by atoms with Gasteiger partial charge in [-0.05, 0) is 37.3 Å². The molecule has 0 radical (unpaired) electrons. The Morgan fingerprint density at radius 1 is 1.03 bits per heavy atom. The number of halogens is 1. The number of hydrogen-bond acceptors (Lipinski definition) is 5. The molecule has 0 aromatic heterocycles. The second-order valence-corrected chi connectivity index (χ2v) is 8.27. The zero-order valence-electron chi connectivity index (χ0n) is 16.2. The molecule has 0 aliphatic heterocycles. The van der Waals surface area contributed by atoms with Crippen LogP contribution in [0.2, 0.25) is 0 Å². The normalized spacial score (nSPS) is 12.2. The molecule has 0 spiro atoms. The third kappa shape index (κ3) is 4.11. The molecule has 7 nitrogen and oxygen atoms in total. The summed E-state index contributed by atoms with van der Waals surface area (Å²) in [7, 11) is -2.74. The van der Waals surface area contributed by atoms with E-state index in [1.54, 1.807) is 31.2 Å². The molecular weight excluding hydrogens is 411 g/mol. The van der Waals surface area contributed by atoms with E-state index in [4.69, 9.17) is 4.74 Å². The fraction of sp³-hybridized carbons (Fsp3) is 0.143. The lowest BCUT2D eigenvalue weighted by atomic mass is 10.1. The molecule has 0 saturated carbocycles. The van der Waals surface area contributed by atoms with E-state index in [0.29, 0.717) is 5.75 Å². The summed E-state index contributed by atoms with van der Waals surface area (Å²) in [6.45, 7) is 1.57. The summed E-state index contributed by atoms with van der Waals surface area (Å²) in [5, 5.41) is 10.9. The van der Waals surface area contributed by atoms with E-state index in [0.717, 1.165) is 28.6 Å². The molecule has 0 N–H and O–H groups in total. The molecule has 156 valence electrons. The van der Waals surface area contributed by atoms with Crippen molar-refractivity contribution < 1.29 is 22.5 Å². The maximum Gasteiger partial charge on any atom is 0.269 e. The molecule has 3 aromatic carbocycles. The number of nitro benzene ring substituents is 1. The molecular formula is C21H19FN2O5S. The molecule has 0 bridgehead atoms. The Labute approximate surface area is 173 Å². The minimum absolute atomic E-state index is 0.154. The van der Waals surface area contributed by atoms with Gasteiger partial charge < -0.3 is 4.74 Å². The number of rotatable bonds is 7. The van der Waals surface area contributed by atoms with E-state index in [-0.39, 0.29) is 21.8 Å². The van der Waals surface area contributed by atoms with Crippen molar-refractivity contribution in [2.45, 2.75) is 17.9 Å². The van der Waals surface area contributed by atoms with Gasteiger partial charge in [0.05, 0.1) is 28.7 Å². The first-order valence-corrected chi connectivity index (χ1v) is 10.4. The van der Waals surface area contributed by atoms with Crippen molar-refractivity contribution in [3.8, 4) is 5.75 Å². The van der Waals surface area contributed by atoms with Crippen molar-refractivity contribution in [3.05, 3.63) is 94.3 Å². The number of nitro groups is 1. The Morgan fingerprint density at radius 3 is 2.30 bits per heavy atom. The lowest BCUT2D eigenvalue weighted by Crippen LogP contribution is -2.34. The largest absolute Gasteiger partial charge is 0.497 e. The highest BCUT2D eigenvalue weighted by molar-refractivity contribution is 7.92. The van der Waals surface area contributed by atoms with Crippen LogP contribution in [0.15, 0.2) is 77.7 Å². The van der Waals surface area contributed by atoms with Crippen molar-refractivity contribution in [2.75, 3.05) is 11.4 Å². The number of sulfonamides is 1. The molecule has 0 fully saturated rings. The van der Waals surface area contributed by atoms with E-state index < -0.39 is 26.8 Å². The van der Waals surface area contributed by atoms with Crippen LogP contribution in [0.3, 0.4) is 0 Å². The zero-order valence-corrected chi connectivity index (χ0v) is 17.0. The average molecular weight is 430 g/mol. The van der Waals surface area contributed by atoms with Gasteiger partial charge in [-0.1, -0.05) is 24.3 Å². The average Bonchev–Trinajstić information content (AvgIpc) is 2.74. The molecule has 0 saturated heterocycles. The third-order valence-corrected chi connectivity index (χ3v) is 6.53. The van der Waals surface area contributed by atoms with Gasteiger partial charge in [-0.15, -0.1) is 0 Å². The first-order chi connectivity index (χ1) is 14.3. The van der Waals surface area contributed by atoms with Crippen LogP contribution >= 0.6 is 0 Å². The second kappa shape index (κ2) is 8.50. The Balaban J connectivity index is 2.17. The van der Waals surface area contributed by atoms with Crippen LogP contribution in [0.5, 0.6) is 5.75 Å². The predicted molar refractivity (Wildman–Crippen MR) is 111 cm³/mol. The van der Waals surface area contributed by atoms with E-state index in [9.17, 15) is 22.9 Å².